The van der Waals surface area contributed by atoms with E-state index < -0.39 is 42.6 Å². The van der Waals surface area contributed by atoms with Gasteiger partial charge in [0.05, 0.1) is 11.1 Å². The molecule has 0 atom stereocenters. The van der Waals surface area contributed by atoms with Crippen LogP contribution in [-0.4, -0.2) is 24.7 Å². The van der Waals surface area contributed by atoms with Gasteiger partial charge in [-0.3, -0.25) is 10.1 Å². The van der Waals surface area contributed by atoms with Crippen LogP contribution in [-0.2, 0) is 9.05 Å². The predicted molar refractivity (Wildman–Crippen MR) is 50.6 cm³/mol. The van der Waals surface area contributed by atoms with Gasteiger partial charge >= 0.3 is 12.0 Å². The molecule has 0 saturated carbocycles. The number of aromatic nitrogens is 1. The molecule has 0 aliphatic heterocycles. The van der Waals surface area contributed by atoms with Crippen LogP contribution in [0.15, 0.2) is 11.1 Å². The fourth-order valence-corrected chi connectivity index (χ4v) is 1.92. The molecule has 1 aromatic heterocycles. The first-order valence-electron chi connectivity index (χ1n) is 3.97. The van der Waals surface area contributed by atoms with Crippen molar-refractivity contribution in [1.82, 2.24) is 4.98 Å². The Hall–Kier alpha value is -1.69. The average molecular weight is 325 g/mol. The van der Waals surface area contributed by atoms with E-state index in [2.05, 4.69) is 9.72 Å². The van der Waals surface area contributed by atoms with E-state index in [9.17, 15) is 36.1 Å². The number of hydrogen-bond acceptors (Lipinski definition) is 6. The van der Waals surface area contributed by atoms with Gasteiger partial charge in [0.25, 0.3) is 20.7 Å². The van der Waals surface area contributed by atoms with Crippen molar-refractivity contribution in [3.05, 3.63) is 22.3 Å². The SMILES string of the molecule is O=[N+]([O-])c1c(S(=O)(=O)Cl)cnc(F)c1OC(F)(F)F. The molecule has 0 bridgehead atoms. The number of rotatable bonds is 3. The molecule has 0 N–H and O–H groups in total. The first kappa shape index (κ1) is 15.4. The van der Waals surface area contributed by atoms with Crippen molar-refractivity contribution in [2.45, 2.75) is 11.3 Å². The van der Waals surface area contributed by atoms with Crippen molar-refractivity contribution < 1.29 is 35.6 Å². The Morgan fingerprint density at radius 3 is 2.32 bits per heavy atom. The summed E-state index contributed by atoms with van der Waals surface area (Å²) in [5.74, 6) is -3.99. The van der Waals surface area contributed by atoms with Gasteiger partial charge in [-0.15, -0.1) is 13.2 Å². The monoisotopic (exact) mass is 324 g/mol. The molecular formula is C6HClF4N2O5S. The molecule has 0 aromatic carbocycles. The standard InChI is InChI=1S/C6HClF4N2O5S/c7-19(16,17)2-1-12-5(8)4(3(2)13(14)15)18-6(9,10)11/h1H. The molecule has 0 aliphatic carbocycles. The zero-order valence-electron chi connectivity index (χ0n) is 8.31. The summed E-state index contributed by atoms with van der Waals surface area (Å²) in [5, 5.41) is 10.6. The molecule has 1 rings (SSSR count). The smallest absolute Gasteiger partial charge is 0.393 e. The summed E-state index contributed by atoms with van der Waals surface area (Å²) in [5.41, 5.74) is -1.79. The minimum atomic E-state index is -5.48. The third-order valence-corrected chi connectivity index (χ3v) is 2.92. The minimum Gasteiger partial charge on any atom is -0.393 e. The maximum absolute atomic E-state index is 13.0. The molecule has 0 fully saturated rings. The normalized spacial score (nSPS) is 12.3. The van der Waals surface area contributed by atoms with Gasteiger partial charge in [-0.25, -0.2) is 13.4 Å². The van der Waals surface area contributed by atoms with Gasteiger partial charge < -0.3 is 4.74 Å². The van der Waals surface area contributed by atoms with Crippen molar-refractivity contribution >= 4 is 25.4 Å². The fraction of sp³-hybridized carbons (Fsp3) is 0.167. The first-order valence-corrected chi connectivity index (χ1v) is 6.27. The van der Waals surface area contributed by atoms with E-state index in [1.807, 2.05) is 0 Å². The number of alkyl halides is 3. The third kappa shape index (κ3) is 3.64. The van der Waals surface area contributed by atoms with Gasteiger partial charge in [0.15, 0.2) is 4.90 Å². The second-order valence-electron chi connectivity index (χ2n) is 2.83. The van der Waals surface area contributed by atoms with Crippen molar-refractivity contribution in [3.63, 3.8) is 0 Å². The van der Waals surface area contributed by atoms with Crippen LogP contribution in [0.2, 0.25) is 0 Å². The van der Waals surface area contributed by atoms with Gasteiger partial charge in [-0.05, 0) is 0 Å². The lowest BCUT2D eigenvalue weighted by Crippen LogP contribution is -2.20. The van der Waals surface area contributed by atoms with Crippen LogP contribution in [0.1, 0.15) is 0 Å². The highest BCUT2D eigenvalue weighted by molar-refractivity contribution is 8.13. The Balaban J connectivity index is 3.66. The maximum atomic E-state index is 13.0. The van der Waals surface area contributed by atoms with Crippen LogP contribution in [0.3, 0.4) is 0 Å². The summed E-state index contributed by atoms with van der Waals surface area (Å²) in [6, 6.07) is 0. The highest BCUT2D eigenvalue weighted by Crippen LogP contribution is 2.39. The minimum absolute atomic E-state index is 0.110. The zero-order valence-corrected chi connectivity index (χ0v) is 9.88. The Morgan fingerprint density at radius 1 is 1.42 bits per heavy atom. The first-order chi connectivity index (χ1) is 8.43. The lowest BCUT2D eigenvalue weighted by atomic mass is 10.4. The van der Waals surface area contributed by atoms with Crippen molar-refractivity contribution in [2.75, 3.05) is 0 Å². The number of nitro groups is 1. The van der Waals surface area contributed by atoms with Crippen LogP contribution >= 0.6 is 10.7 Å². The molecular weight excluding hydrogens is 324 g/mol. The summed E-state index contributed by atoms with van der Waals surface area (Å²) in [7, 11) is -0.0474. The molecule has 0 radical (unpaired) electrons. The van der Waals surface area contributed by atoms with Gasteiger partial charge in [0.1, 0.15) is 0 Å². The number of nitrogens with zero attached hydrogens (tertiary/aromatic N) is 2. The van der Waals surface area contributed by atoms with E-state index in [-0.39, 0.29) is 6.20 Å². The molecule has 1 aromatic rings. The summed E-state index contributed by atoms with van der Waals surface area (Å²) < 4.78 is 73.9. The quantitative estimate of drug-likeness (QED) is 0.277. The molecule has 0 unspecified atom stereocenters. The van der Waals surface area contributed by atoms with Gasteiger partial charge in [0, 0.05) is 10.7 Å². The summed E-state index contributed by atoms with van der Waals surface area (Å²) in [6.45, 7) is 0. The highest BCUT2D eigenvalue weighted by Gasteiger charge is 2.40. The van der Waals surface area contributed by atoms with Crippen LogP contribution in [0.25, 0.3) is 0 Å². The molecule has 13 heteroatoms. The van der Waals surface area contributed by atoms with Crippen LogP contribution < -0.4 is 4.74 Å². The fourth-order valence-electron chi connectivity index (χ4n) is 1.00. The van der Waals surface area contributed by atoms with E-state index >= 15 is 0 Å². The van der Waals surface area contributed by atoms with Gasteiger partial charge in [0.2, 0.25) is 0 Å². The molecule has 19 heavy (non-hydrogen) atoms. The third-order valence-electron chi connectivity index (χ3n) is 1.59. The Bertz CT molecular complexity index is 631. The number of halogens is 5. The Morgan fingerprint density at radius 2 is 1.95 bits per heavy atom. The van der Waals surface area contributed by atoms with Crippen LogP contribution in [0.4, 0.5) is 23.2 Å². The maximum Gasteiger partial charge on any atom is 0.573 e. The molecule has 0 amide bonds. The van der Waals surface area contributed by atoms with Crippen molar-refractivity contribution in [1.29, 1.82) is 0 Å². The largest absolute Gasteiger partial charge is 0.573 e. The van der Waals surface area contributed by atoms with E-state index in [0.29, 0.717) is 0 Å². The van der Waals surface area contributed by atoms with Crippen LogP contribution in [0.5, 0.6) is 5.75 Å². The lowest BCUT2D eigenvalue weighted by molar-refractivity contribution is -0.392. The topological polar surface area (TPSA) is 99.4 Å². The Labute approximate surface area is 106 Å². The van der Waals surface area contributed by atoms with Crippen molar-refractivity contribution in [2.24, 2.45) is 0 Å². The second kappa shape index (κ2) is 4.77. The molecule has 0 aliphatic rings. The summed E-state index contributed by atoms with van der Waals surface area (Å²) in [6.07, 6.45) is -5.37. The molecule has 0 spiro atoms. The van der Waals surface area contributed by atoms with Gasteiger partial charge in [-0.1, -0.05) is 0 Å². The van der Waals surface area contributed by atoms with Crippen LogP contribution in [0, 0.1) is 16.1 Å². The predicted octanol–water partition coefficient (Wildman–Crippen LogP) is 1.95. The lowest BCUT2D eigenvalue weighted by Gasteiger charge is -2.10. The summed E-state index contributed by atoms with van der Waals surface area (Å²) >= 11 is 0. The summed E-state index contributed by atoms with van der Waals surface area (Å²) in [4.78, 5) is 10.2. The molecule has 0 saturated heterocycles. The second-order valence-corrected chi connectivity index (χ2v) is 5.37. The van der Waals surface area contributed by atoms with E-state index in [1.165, 1.54) is 0 Å². The van der Waals surface area contributed by atoms with E-state index in [0.717, 1.165) is 0 Å². The zero-order chi connectivity index (χ0) is 15.0. The molecule has 106 valence electrons. The van der Waals surface area contributed by atoms with Crippen molar-refractivity contribution in [3.8, 4) is 5.75 Å². The number of ether oxygens (including phenoxy) is 1. The average Bonchev–Trinajstić information content (AvgIpc) is 2.16. The van der Waals surface area contributed by atoms with Gasteiger partial charge in [-0.2, -0.15) is 4.39 Å². The molecule has 7 nitrogen and oxygen atoms in total. The van der Waals surface area contributed by atoms with E-state index in [4.69, 9.17) is 10.7 Å². The number of hydrogen-bond donors (Lipinski definition) is 0. The Kier molecular flexibility index (Phi) is 3.86. The van der Waals surface area contributed by atoms with E-state index in [1.54, 1.807) is 0 Å². The number of pyridine rings is 1. The highest BCUT2D eigenvalue weighted by atomic mass is 35.7. The molecule has 1 heterocycles.